The summed E-state index contributed by atoms with van der Waals surface area (Å²) in [5.74, 6) is -0.144. The van der Waals surface area contributed by atoms with Crippen LogP contribution in [0.4, 0.5) is 0 Å². The van der Waals surface area contributed by atoms with Crippen molar-refractivity contribution in [2.24, 2.45) is 0 Å². The van der Waals surface area contributed by atoms with Crippen molar-refractivity contribution >= 4 is 39.2 Å². The van der Waals surface area contributed by atoms with E-state index in [1.807, 2.05) is 42.5 Å². The number of ether oxygens (including phenoxy) is 2. The van der Waals surface area contributed by atoms with Crippen LogP contribution in [0.2, 0.25) is 0 Å². The molecule has 0 aliphatic rings. The van der Waals surface area contributed by atoms with Crippen molar-refractivity contribution in [2.75, 3.05) is 13.7 Å². The average molecular weight is 393 g/mol. The Bertz CT molecular complexity index is 1030. The summed E-state index contributed by atoms with van der Waals surface area (Å²) in [6.07, 6.45) is 2.09. The Morgan fingerprint density at radius 3 is 2.79 bits per heavy atom. The molecule has 3 rings (SSSR count). The standard InChI is InChI=1S/C21H18N2O4S/c1-26-18-13-14(6-8-17(18)27-11-10-22)12-15(7-9-20(24)25)21-23-16-4-2-3-5-19(16)28-21/h2-6,8,12-13H,7,9,11H2,1H3,(H,24,25)/p-1/b15-12+. The summed E-state index contributed by atoms with van der Waals surface area (Å²) < 4.78 is 11.7. The van der Waals surface area contributed by atoms with E-state index in [2.05, 4.69) is 4.98 Å². The van der Waals surface area contributed by atoms with E-state index in [-0.39, 0.29) is 13.0 Å². The Labute approximate surface area is 166 Å². The van der Waals surface area contributed by atoms with E-state index in [4.69, 9.17) is 14.7 Å². The second-order valence-corrected chi connectivity index (χ2v) is 6.92. The van der Waals surface area contributed by atoms with Crippen LogP contribution in [0.3, 0.4) is 0 Å². The predicted molar refractivity (Wildman–Crippen MR) is 106 cm³/mol. The van der Waals surface area contributed by atoms with Gasteiger partial charge in [0, 0.05) is 5.97 Å². The molecule has 6 nitrogen and oxygen atoms in total. The lowest BCUT2D eigenvalue weighted by Crippen LogP contribution is -2.21. The number of nitriles is 1. The second kappa shape index (κ2) is 9.02. The molecule has 3 aromatic rings. The zero-order valence-electron chi connectivity index (χ0n) is 15.2. The summed E-state index contributed by atoms with van der Waals surface area (Å²) in [6, 6.07) is 15.0. The summed E-state index contributed by atoms with van der Waals surface area (Å²) in [5.41, 5.74) is 2.49. The van der Waals surface area contributed by atoms with Crippen LogP contribution >= 0.6 is 11.3 Å². The van der Waals surface area contributed by atoms with Crippen molar-refractivity contribution < 1.29 is 19.4 Å². The van der Waals surface area contributed by atoms with Crippen molar-refractivity contribution in [3.63, 3.8) is 0 Å². The largest absolute Gasteiger partial charge is 0.550 e. The Morgan fingerprint density at radius 1 is 1.25 bits per heavy atom. The van der Waals surface area contributed by atoms with Crippen LogP contribution in [0.15, 0.2) is 42.5 Å². The predicted octanol–water partition coefficient (Wildman–Crippen LogP) is 3.28. The van der Waals surface area contributed by atoms with E-state index in [9.17, 15) is 9.90 Å². The Morgan fingerprint density at radius 2 is 2.07 bits per heavy atom. The molecule has 0 aliphatic carbocycles. The van der Waals surface area contributed by atoms with Crippen molar-refractivity contribution in [3.8, 4) is 17.6 Å². The first-order valence-corrected chi connectivity index (χ1v) is 9.36. The third-order valence-corrected chi connectivity index (χ3v) is 5.10. The lowest BCUT2D eigenvalue weighted by molar-refractivity contribution is -0.305. The third-order valence-electron chi connectivity index (χ3n) is 3.99. The van der Waals surface area contributed by atoms with Gasteiger partial charge in [-0.1, -0.05) is 18.2 Å². The number of aliphatic carboxylic acids is 1. The lowest BCUT2D eigenvalue weighted by Gasteiger charge is -2.10. The number of hydrogen-bond donors (Lipinski definition) is 0. The molecule has 0 saturated heterocycles. The Kier molecular flexibility index (Phi) is 6.25. The van der Waals surface area contributed by atoms with Gasteiger partial charge in [-0.15, -0.1) is 11.3 Å². The minimum Gasteiger partial charge on any atom is -0.550 e. The molecule has 1 heterocycles. The van der Waals surface area contributed by atoms with Crippen molar-refractivity contribution in [2.45, 2.75) is 12.8 Å². The molecule has 0 unspecified atom stereocenters. The number of nitrogens with zero attached hydrogens (tertiary/aromatic N) is 2. The van der Waals surface area contributed by atoms with Crippen LogP contribution in [0.5, 0.6) is 11.5 Å². The number of para-hydroxylation sites is 1. The van der Waals surface area contributed by atoms with Crippen molar-refractivity contribution in [1.82, 2.24) is 4.98 Å². The van der Waals surface area contributed by atoms with Gasteiger partial charge in [0.1, 0.15) is 11.1 Å². The normalized spacial score (nSPS) is 11.2. The summed E-state index contributed by atoms with van der Waals surface area (Å²) >= 11 is 1.52. The van der Waals surface area contributed by atoms with Gasteiger partial charge in [-0.05, 0) is 54.3 Å². The summed E-state index contributed by atoms with van der Waals surface area (Å²) in [4.78, 5) is 15.6. The Balaban J connectivity index is 1.98. The number of benzene rings is 2. The van der Waals surface area contributed by atoms with Gasteiger partial charge in [0.15, 0.2) is 18.1 Å². The van der Waals surface area contributed by atoms with Gasteiger partial charge in [0.05, 0.1) is 17.3 Å². The van der Waals surface area contributed by atoms with E-state index < -0.39 is 5.97 Å². The number of allylic oxidation sites excluding steroid dienone is 1. The highest BCUT2D eigenvalue weighted by molar-refractivity contribution is 7.19. The first-order valence-electron chi connectivity index (χ1n) is 8.55. The molecule has 142 valence electrons. The summed E-state index contributed by atoms with van der Waals surface area (Å²) in [6.45, 7) is -0.0753. The number of aromatic nitrogens is 1. The number of fused-ring (bicyclic) bond motifs is 1. The third kappa shape index (κ3) is 4.67. The fourth-order valence-corrected chi connectivity index (χ4v) is 3.70. The number of carboxylic acid groups (broad SMARTS) is 1. The number of hydrogen-bond acceptors (Lipinski definition) is 7. The zero-order valence-corrected chi connectivity index (χ0v) is 16.0. The molecule has 0 fully saturated rings. The van der Waals surface area contributed by atoms with E-state index in [1.165, 1.54) is 18.4 Å². The van der Waals surface area contributed by atoms with Gasteiger partial charge in [-0.25, -0.2) is 4.98 Å². The summed E-state index contributed by atoms with van der Waals surface area (Å²) in [7, 11) is 1.52. The van der Waals surface area contributed by atoms with Gasteiger partial charge in [-0.3, -0.25) is 0 Å². The number of methoxy groups -OCH3 is 1. The zero-order chi connectivity index (χ0) is 19.9. The minimum atomic E-state index is -1.11. The van der Waals surface area contributed by atoms with Crippen LogP contribution in [-0.4, -0.2) is 24.7 Å². The van der Waals surface area contributed by atoms with E-state index in [0.29, 0.717) is 17.9 Å². The molecule has 0 aliphatic heterocycles. The molecular weight excluding hydrogens is 376 g/mol. The van der Waals surface area contributed by atoms with Crippen molar-refractivity contribution in [3.05, 3.63) is 53.0 Å². The first-order chi connectivity index (χ1) is 13.6. The Hall–Kier alpha value is -3.37. The quantitative estimate of drug-likeness (QED) is 0.583. The van der Waals surface area contributed by atoms with Gasteiger partial charge >= 0.3 is 0 Å². The van der Waals surface area contributed by atoms with Crippen LogP contribution in [-0.2, 0) is 4.79 Å². The molecule has 0 N–H and O–H groups in total. The molecule has 7 heteroatoms. The highest BCUT2D eigenvalue weighted by Crippen LogP contribution is 2.33. The van der Waals surface area contributed by atoms with Gasteiger partial charge in [-0.2, -0.15) is 5.26 Å². The number of carbonyl (C=O) groups excluding carboxylic acids is 1. The fourth-order valence-electron chi connectivity index (χ4n) is 2.69. The van der Waals surface area contributed by atoms with Crippen LogP contribution in [0.1, 0.15) is 23.4 Å². The molecule has 0 atom stereocenters. The molecule has 0 radical (unpaired) electrons. The van der Waals surface area contributed by atoms with Gasteiger partial charge in [0.2, 0.25) is 0 Å². The minimum absolute atomic E-state index is 0.0753. The highest BCUT2D eigenvalue weighted by Gasteiger charge is 2.11. The maximum Gasteiger partial charge on any atom is 0.174 e. The topological polar surface area (TPSA) is 95.3 Å². The molecule has 0 amide bonds. The number of carbonyl (C=O) groups is 1. The molecule has 2 aromatic carbocycles. The van der Waals surface area contributed by atoms with Crippen LogP contribution in [0.25, 0.3) is 21.9 Å². The SMILES string of the molecule is COc1cc(/C=C(\CCC(=O)[O-])c2nc3ccccc3s2)ccc1OCC#N. The van der Waals surface area contributed by atoms with Crippen molar-refractivity contribution in [1.29, 1.82) is 5.26 Å². The van der Waals surface area contributed by atoms with Gasteiger partial charge < -0.3 is 19.4 Å². The molecule has 0 spiro atoms. The molecule has 0 saturated carbocycles. The molecular formula is C21H17N2O4S-. The van der Waals surface area contributed by atoms with Crippen LogP contribution < -0.4 is 14.6 Å². The first kappa shape index (κ1) is 19.4. The maximum absolute atomic E-state index is 11.0. The smallest absolute Gasteiger partial charge is 0.174 e. The second-order valence-electron chi connectivity index (χ2n) is 5.89. The number of thiazole rings is 1. The maximum atomic E-state index is 11.0. The monoisotopic (exact) mass is 393 g/mol. The van der Waals surface area contributed by atoms with E-state index >= 15 is 0 Å². The average Bonchev–Trinajstić information content (AvgIpc) is 3.13. The molecule has 28 heavy (non-hydrogen) atoms. The lowest BCUT2D eigenvalue weighted by atomic mass is 10.1. The van der Waals surface area contributed by atoms with Crippen LogP contribution in [0, 0.1) is 11.3 Å². The van der Waals surface area contributed by atoms with E-state index in [1.54, 1.807) is 12.1 Å². The fraction of sp³-hybridized carbons (Fsp3) is 0.190. The van der Waals surface area contributed by atoms with E-state index in [0.717, 1.165) is 26.4 Å². The number of rotatable bonds is 8. The highest BCUT2D eigenvalue weighted by atomic mass is 32.1. The van der Waals surface area contributed by atoms with Gasteiger partial charge in [0.25, 0.3) is 0 Å². The number of carboxylic acids is 1. The summed E-state index contributed by atoms with van der Waals surface area (Å²) in [5, 5.41) is 20.4. The molecule has 1 aromatic heterocycles. The molecule has 0 bridgehead atoms.